The Morgan fingerprint density at radius 1 is 0.481 bits per heavy atom. The maximum atomic E-state index is 15.8. The van der Waals surface area contributed by atoms with Gasteiger partial charge in [0.15, 0.2) is 49.9 Å². The van der Waals surface area contributed by atoms with Crippen LogP contribution in [0.15, 0.2) is 11.6 Å². The van der Waals surface area contributed by atoms with Crippen LogP contribution in [0.25, 0.3) is 0 Å². The number of rotatable bonds is 18. The molecule has 19 N–H and O–H groups in total. The van der Waals surface area contributed by atoms with Crippen molar-refractivity contribution in [2.45, 2.75) is 328 Å². The molecule has 12 rings (SSSR count). The van der Waals surface area contributed by atoms with Crippen molar-refractivity contribution < 1.29 is 178 Å². The quantitative estimate of drug-likeness (QED) is 0.0263. The zero-order valence-electron chi connectivity index (χ0n) is 60.4. The van der Waals surface area contributed by atoms with Crippen molar-refractivity contribution in [3.8, 4) is 0 Å². The van der Waals surface area contributed by atoms with Gasteiger partial charge in [-0.15, -0.1) is 0 Å². The second-order valence-corrected chi connectivity index (χ2v) is 33.5. The van der Waals surface area contributed by atoms with E-state index in [0.29, 0.717) is 57.8 Å². The molecule has 0 bridgehead atoms. The standard InChI is InChI=1S/C70H110O36/c1-25-36(76)43(83)54(104-61-49(89)52(102-60-47(87)42(82)40(80)32(21-72)98-60)50(26(2)96-61)100-57-44(84)37(77)29(74)22-93-57)62(95-25)106-64(92)70-17-15-65(3,4)19-28(70)27-9-10-34-66(5)13-12-35(67(6,24-73)33(66)11-14-69(34,8)68(27,7)16-18-70)99-63-55(105-58-45(85)38(78)30(75)23-94-58)51(48(88)53(103-63)56(90)91)101-59-46(86)41(81)39(79)31(20-71)97-59/h9,24-26,28-55,57-63,71-72,74-89H,10-23H2,1-8H3,(H,90,91). The highest BCUT2D eigenvalue weighted by atomic mass is 16.8. The van der Waals surface area contributed by atoms with Gasteiger partial charge in [0.05, 0.1) is 55.6 Å². The molecule has 12 aliphatic rings. The van der Waals surface area contributed by atoms with E-state index in [-0.39, 0.29) is 17.8 Å². The Balaban J connectivity index is 0.804. The third kappa shape index (κ3) is 14.2. The normalized spacial score (nSPS) is 54.7. The summed E-state index contributed by atoms with van der Waals surface area (Å²) >= 11 is 0. The van der Waals surface area contributed by atoms with E-state index < -0.39 is 286 Å². The highest BCUT2D eigenvalue weighted by Crippen LogP contribution is 2.76. The lowest BCUT2D eigenvalue weighted by Gasteiger charge is -2.71. The minimum absolute atomic E-state index is 0.124. The Bertz CT molecular complexity index is 3100. The van der Waals surface area contributed by atoms with Gasteiger partial charge in [0.25, 0.3) is 0 Å². The van der Waals surface area contributed by atoms with Crippen molar-refractivity contribution in [3.63, 3.8) is 0 Å². The van der Waals surface area contributed by atoms with Crippen molar-refractivity contribution in [3.05, 3.63) is 11.6 Å². The predicted octanol–water partition coefficient (Wildman–Crippen LogP) is -5.96. The number of allylic oxidation sites excluding steroid dienone is 2. The van der Waals surface area contributed by atoms with Crippen molar-refractivity contribution >= 4 is 18.2 Å². The number of hydrogen-bond acceptors (Lipinski definition) is 35. The molecule has 36 heteroatoms. The van der Waals surface area contributed by atoms with E-state index in [4.69, 9.17) is 66.3 Å². The first-order valence-electron chi connectivity index (χ1n) is 36.9. The van der Waals surface area contributed by atoms with E-state index >= 15 is 4.79 Å². The van der Waals surface area contributed by atoms with Gasteiger partial charge in [-0.1, -0.05) is 53.2 Å². The first kappa shape index (κ1) is 82.6. The first-order valence-corrected chi connectivity index (χ1v) is 36.9. The van der Waals surface area contributed by atoms with Crippen molar-refractivity contribution in [1.29, 1.82) is 0 Å². The van der Waals surface area contributed by atoms with Gasteiger partial charge in [0.1, 0.15) is 141 Å². The van der Waals surface area contributed by atoms with Crippen molar-refractivity contribution in [2.24, 2.45) is 50.2 Å². The lowest BCUT2D eigenvalue weighted by Crippen LogP contribution is -2.68. The highest BCUT2D eigenvalue weighted by molar-refractivity contribution is 5.79. The molecule has 36 nitrogen and oxygen atoms in total. The number of aliphatic hydroxyl groups is 18. The summed E-state index contributed by atoms with van der Waals surface area (Å²) in [5.41, 5.74) is -3.61. The average Bonchev–Trinajstić information content (AvgIpc) is 0.674. The van der Waals surface area contributed by atoms with Crippen LogP contribution in [-0.2, 0) is 80.7 Å². The summed E-state index contributed by atoms with van der Waals surface area (Å²) in [6.45, 7) is 12.7. The van der Waals surface area contributed by atoms with E-state index in [9.17, 15) is 107 Å². The molecule has 0 radical (unpaired) electrons. The van der Waals surface area contributed by atoms with Gasteiger partial charge in [-0.2, -0.15) is 0 Å². The summed E-state index contributed by atoms with van der Waals surface area (Å²) in [5, 5.41) is 207. The molecular weight excluding hydrogens is 1420 g/mol. The van der Waals surface area contributed by atoms with Gasteiger partial charge in [-0.25, -0.2) is 4.79 Å². The maximum Gasteiger partial charge on any atom is 0.335 e. The number of carbonyl (C=O) groups excluding carboxylic acids is 2. The van der Waals surface area contributed by atoms with Gasteiger partial charge in [0, 0.05) is 0 Å². The number of aliphatic hydroxyl groups excluding tert-OH is 18. The summed E-state index contributed by atoms with van der Waals surface area (Å²) < 4.78 is 85.0. The molecule has 42 unspecified atom stereocenters. The van der Waals surface area contributed by atoms with Crippen LogP contribution in [0.1, 0.15) is 120 Å². The van der Waals surface area contributed by atoms with Gasteiger partial charge in [-0.3, -0.25) is 4.79 Å². The van der Waals surface area contributed by atoms with Crippen LogP contribution in [0.3, 0.4) is 0 Å². The maximum absolute atomic E-state index is 15.8. The van der Waals surface area contributed by atoms with E-state index in [1.54, 1.807) is 6.92 Å². The summed E-state index contributed by atoms with van der Waals surface area (Å²) in [7, 11) is 0. The van der Waals surface area contributed by atoms with E-state index in [2.05, 4.69) is 40.7 Å². The molecule has 0 aromatic heterocycles. The van der Waals surface area contributed by atoms with Crippen LogP contribution in [0.5, 0.6) is 0 Å². The Morgan fingerprint density at radius 3 is 1.55 bits per heavy atom. The number of aldehydes is 1. The van der Waals surface area contributed by atoms with Crippen LogP contribution >= 0.6 is 0 Å². The number of aliphatic carboxylic acids is 1. The van der Waals surface area contributed by atoms with Gasteiger partial charge in [0.2, 0.25) is 6.29 Å². The van der Waals surface area contributed by atoms with Crippen molar-refractivity contribution in [1.82, 2.24) is 0 Å². The minimum atomic E-state index is -2.23. The third-order valence-corrected chi connectivity index (χ3v) is 26.8. The van der Waals surface area contributed by atoms with Crippen LogP contribution in [0.4, 0.5) is 0 Å². The molecule has 0 amide bonds. The number of carbonyl (C=O) groups is 3. The Kier molecular flexibility index (Phi) is 24.3. The minimum Gasteiger partial charge on any atom is -0.479 e. The summed E-state index contributed by atoms with van der Waals surface area (Å²) in [6.07, 6.45) is -53.9. The molecular formula is C70H110O36. The largest absolute Gasteiger partial charge is 0.479 e. The number of fused-ring (bicyclic) bond motifs is 7. The monoisotopic (exact) mass is 1530 g/mol. The lowest BCUT2D eigenvalue weighted by molar-refractivity contribution is -0.394. The fourth-order valence-electron chi connectivity index (χ4n) is 20.1. The molecule has 42 atom stereocenters. The summed E-state index contributed by atoms with van der Waals surface area (Å²) in [6, 6.07) is 0. The van der Waals surface area contributed by atoms with Crippen LogP contribution < -0.4 is 0 Å². The summed E-state index contributed by atoms with van der Waals surface area (Å²) in [4.78, 5) is 43.1. The topological polar surface area (TPSA) is 565 Å². The van der Waals surface area contributed by atoms with Crippen LogP contribution in [-0.4, -0.2) is 351 Å². The van der Waals surface area contributed by atoms with Gasteiger partial charge < -0.3 is 168 Å². The number of hydrogen-bond donors (Lipinski definition) is 19. The third-order valence-electron chi connectivity index (χ3n) is 26.8. The fraction of sp³-hybridized carbons (Fsp3) is 0.929. The molecule has 11 fully saturated rings. The molecule has 106 heavy (non-hydrogen) atoms. The molecule has 7 saturated heterocycles. The number of carboxylic acids is 1. The Hall–Kier alpha value is -2.89. The molecule has 606 valence electrons. The van der Waals surface area contributed by atoms with Gasteiger partial charge >= 0.3 is 11.9 Å². The van der Waals surface area contributed by atoms with E-state index in [1.807, 2.05) is 0 Å². The van der Waals surface area contributed by atoms with Gasteiger partial charge in [-0.05, 0) is 117 Å². The molecule has 0 spiro atoms. The molecule has 0 aromatic carbocycles. The average molecular weight is 1530 g/mol. The molecule has 4 saturated carbocycles. The number of carboxylic acid groups (broad SMARTS) is 1. The zero-order chi connectivity index (χ0) is 77.3. The second-order valence-electron chi connectivity index (χ2n) is 33.5. The Morgan fingerprint density at radius 2 is 0.991 bits per heavy atom. The lowest BCUT2D eigenvalue weighted by atomic mass is 9.33. The molecule has 0 aromatic rings. The highest BCUT2D eigenvalue weighted by Gasteiger charge is 2.72. The SMILES string of the molecule is CC1OC(OC(=O)C23CCC(C)(C)CC2C2=CCC4C5(C)CCC(OC6OC(C(=O)O)C(O)C(OC7OC(CO)C(O)C(O)C7O)C6OC6OCC(O)C(O)C6O)C(C)(C=O)C5CCC4(C)C2(C)CC3)C(OC2OC(C)C(OC3OCC(O)C(O)C3O)C(OC3OC(CO)C(O)C(O)C3O)C2O)C(O)C1O. The molecule has 7 heterocycles. The zero-order valence-corrected chi connectivity index (χ0v) is 60.4. The van der Waals surface area contributed by atoms with E-state index in [1.165, 1.54) is 13.8 Å². The number of ether oxygens (including phenoxy) is 14. The second kappa shape index (κ2) is 31.1. The Labute approximate surface area is 610 Å². The summed E-state index contributed by atoms with van der Waals surface area (Å²) in [5.74, 6) is -3.43. The van der Waals surface area contributed by atoms with Crippen LogP contribution in [0, 0.1) is 50.2 Å². The first-order chi connectivity index (χ1) is 49.8. The molecule has 5 aliphatic carbocycles. The fourth-order valence-corrected chi connectivity index (χ4v) is 20.1. The van der Waals surface area contributed by atoms with E-state index in [0.717, 1.165) is 11.9 Å². The van der Waals surface area contributed by atoms with Crippen molar-refractivity contribution in [2.75, 3.05) is 26.4 Å². The van der Waals surface area contributed by atoms with Crippen LogP contribution in [0.2, 0.25) is 0 Å². The predicted molar refractivity (Wildman–Crippen MR) is 347 cm³/mol. The molecule has 7 aliphatic heterocycles. The number of esters is 1. The smallest absolute Gasteiger partial charge is 0.335 e.